The molecule has 0 aliphatic rings. The van der Waals surface area contributed by atoms with E-state index in [0.717, 1.165) is 5.56 Å². The lowest BCUT2D eigenvalue weighted by Crippen LogP contribution is -1.96. The summed E-state index contributed by atoms with van der Waals surface area (Å²) < 4.78 is 31.8. The second-order valence-corrected chi connectivity index (χ2v) is 4.71. The predicted octanol–water partition coefficient (Wildman–Crippen LogP) is 4.52. The molecule has 0 aliphatic heterocycles. The van der Waals surface area contributed by atoms with Crippen LogP contribution >= 0.6 is 11.6 Å². The largest absolute Gasteiger partial charge is 0.489 e. The van der Waals surface area contributed by atoms with Gasteiger partial charge < -0.3 is 4.74 Å². The van der Waals surface area contributed by atoms with Crippen LogP contribution in [-0.4, -0.2) is 5.88 Å². The number of rotatable bonds is 4. The van der Waals surface area contributed by atoms with Crippen LogP contribution in [0.25, 0.3) is 0 Å². The Kier molecular flexibility index (Phi) is 5.59. The van der Waals surface area contributed by atoms with E-state index in [9.17, 15) is 8.78 Å². The van der Waals surface area contributed by atoms with Gasteiger partial charge >= 0.3 is 0 Å². The fourth-order valence-corrected chi connectivity index (χ4v) is 1.77. The molecule has 0 saturated carbocycles. The molecule has 0 fully saturated rings. The van der Waals surface area contributed by atoms with Crippen molar-refractivity contribution in [2.24, 2.45) is 0 Å². The molecule has 2 aromatic rings. The van der Waals surface area contributed by atoms with Crippen molar-refractivity contribution in [3.8, 4) is 17.6 Å². The van der Waals surface area contributed by atoms with Gasteiger partial charge in [-0.3, -0.25) is 0 Å². The van der Waals surface area contributed by atoms with Crippen LogP contribution in [0.4, 0.5) is 8.78 Å². The molecule has 0 N–H and O–H groups in total. The van der Waals surface area contributed by atoms with E-state index < -0.39 is 5.82 Å². The van der Waals surface area contributed by atoms with Crippen LogP contribution in [0.1, 0.15) is 17.5 Å². The number of halogens is 3. The van der Waals surface area contributed by atoms with Gasteiger partial charge in [-0.2, -0.15) is 0 Å². The van der Waals surface area contributed by atoms with Gasteiger partial charge in [0.1, 0.15) is 24.0 Å². The van der Waals surface area contributed by atoms with Crippen molar-refractivity contribution < 1.29 is 13.5 Å². The second-order valence-electron chi connectivity index (χ2n) is 4.33. The molecule has 0 aromatic heterocycles. The summed E-state index contributed by atoms with van der Waals surface area (Å²) in [6, 6.07) is 10.2. The van der Waals surface area contributed by atoms with Crippen molar-refractivity contribution in [2.75, 3.05) is 5.88 Å². The van der Waals surface area contributed by atoms with E-state index >= 15 is 0 Å². The lowest BCUT2D eigenvalue weighted by molar-refractivity contribution is 0.304. The Morgan fingerprint density at radius 3 is 2.48 bits per heavy atom. The van der Waals surface area contributed by atoms with Gasteiger partial charge in [0.05, 0.1) is 0 Å². The van der Waals surface area contributed by atoms with Crippen molar-refractivity contribution in [3.63, 3.8) is 0 Å². The minimum atomic E-state index is -0.415. The van der Waals surface area contributed by atoms with E-state index in [-0.39, 0.29) is 12.4 Å². The molecular formula is C17H13ClF2O. The normalized spacial score (nSPS) is 9.86. The molecule has 2 aromatic carbocycles. The van der Waals surface area contributed by atoms with Crippen LogP contribution in [0, 0.1) is 23.5 Å². The summed E-state index contributed by atoms with van der Waals surface area (Å²) in [6.45, 7) is 0.234. The maximum atomic E-state index is 13.5. The third kappa shape index (κ3) is 5.09. The number of benzene rings is 2. The smallest absolute Gasteiger partial charge is 0.128 e. The SMILES string of the molecule is Fc1ccc(COc2cc(F)cc(C#CCCCl)c2)cc1. The lowest BCUT2D eigenvalue weighted by atomic mass is 10.2. The Morgan fingerprint density at radius 1 is 1.00 bits per heavy atom. The second kappa shape index (κ2) is 7.66. The average Bonchev–Trinajstić information content (AvgIpc) is 2.46. The summed E-state index contributed by atoms with van der Waals surface area (Å²) in [5.74, 6) is 5.77. The van der Waals surface area contributed by atoms with Gasteiger partial charge in [0.2, 0.25) is 0 Å². The van der Waals surface area contributed by atoms with Crippen LogP contribution in [0.3, 0.4) is 0 Å². The fourth-order valence-electron chi connectivity index (χ4n) is 1.68. The molecule has 2 rings (SSSR count). The summed E-state index contributed by atoms with van der Waals surface area (Å²) in [7, 11) is 0. The Balaban J connectivity index is 2.06. The zero-order valence-electron chi connectivity index (χ0n) is 11.2. The van der Waals surface area contributed by atoms with Crippen molar-refractivity contribution in [1.82, 2.24) is 0 Å². The highest BCUT2D eigenvalue weighted by molar-refractivity contribution is 6.18. The van der Waals surface area contributed by atoms with E-state index in [2.05, 4.69) is 11.8 Å². The number of ether oxygens (including phenoxy) is 1. The van der Waals surface area contributed by atoms with Crippen LogP contribution in [0.2, 0.25) is 0 Å². The third-order valence-electron chi connectivity index (χ3n) is 2.64. The first-order valence-corrected chi connectivity index (χ1v) is 6.93. The zero-order valence-corrected chi connectivity index (χ0v) is 12.0. The molecule has 0 spiro atoms. The first-order valence-electron chi connectivity index (χ1n) is 6.40. The molecular weight excluding hydrogens is 294 g/mol. The highest BCUT2D eigenvalue weighted by Gasteiger charge is 2.01. The summed E-state index contributed by atoms with van der Waals surface area (Å²) in [6.07, 6.45) is 0.545. The number of hydrogen-bond acceptors (Lipinski definition) is 1. The summed E-state index contributed by atoms with van der Waals surface area (Å²) in [5, 5.41) is 0. The van der Waals surface area contributed by atoms with Crippen LogP contribution in [0.5, 0.6) is 5.75 Å². The minimum Gasteiger partial charge on any atom is -0.489 e. The standard InChI is InChI=1S/C17H13ClF2O/c18-8-2-1-3-14-9-16(20)11-17(10-14)21-12-13-4-6-15(19)7-5-13/h4-7,9-11H,2,8,12H2. The summed E-state index contributed by atoms with van der Waals surface area (Å²) in [4.78, 5) is 0. The first kappa shape index (κ1) is 15.3. The number of hydrogen-bond donors (Lipinski definition) is 0. The highest BCUT2D eigenvalue weighted by atomic mass is 35.5. The molecule has 0 amide bonds. The molecule has 1 nitrogen and oxygen atoms in total. The van der Waals surface area contributed by atoms with E-state index in [0.29, 0.717) is 23.6 Å². The van der Waals surface area contributed by atoms with E-state index in [1.54, 1.807) is 18.2 Å². The van der Waals surface area contributed by atoms with Crippen molar-refractivity contribution in [1.29, 1.82) is 0 Å². The van der Waals surface area contributed by atoms with E-state index in [1.165, 1.54) is 24.3 Å². The van der Waals surface area contributed by atoms with Crippen molar-refractivity contribution >= 4 is 11.6 Å². The fraction of sp³-hybridized carbons (Fsp3) is 0.176. The monoisotopic (exact) mass is 306 g/mol. The quantitative estimate of drug-likeness (QED) is 0.596. The van der Waals surface area contributed by atoms with Gasteiger partial charge in [0, 0.05) is 23.9 Å². The summed E-state index contributed by atoms with van der Waals surface area (Å²) in [5.41, 5.74) is 1.34. The van der Waals surface area contributed by atoms with Crippen molar-refractivity contribution in [3.05, 3.63) is 65.2 Å². The predicted molar refractivity (Wildman–Crippen MR) is 79.3 cm³/mol. The molecule has 108 valence electrons. The molecule has 0 heterocycles. The molecule has 0 radical (unpaired) electrons. The molecule has 0 bridgehead atoms. The van der Waals surface area contributed by atoms with Gasteiger partial charge in [-0.15, -0.1) is 11.6 Å². The molecule has 0 saturated heterocycles. The van der Waals surface area contributed by atoms with Gasteiger partial charge in [-0.25, -0.2) is 8.78 Å². The number of alkyl halides is 1. The van der Waals surface area contributed by atoms with Gasteiger partial charge in [0.15, 0.2) is 0 Å². The molecule has 4 heteroatoms. The lowest BCUT2D eigenvalue weighted by Gasteiger charge is -2.07. The Hall–Kier alpha value is -2.05. The zero-order chi connectivity index (χ0) is 15.1. The topological polar surface area (TPSA) is 9.23 Å². The van der Waals surface area contributed by atoms with E-state index in [1.807, 2.05) is 0 Å². The van der Waals surface area contributed by atoms with Gasteiger partial charge in [-0.05, 0) is 29.8 Å². The summed E-state index contributed by atoms with van der Waals surface area (Å²) >= 11 is 5.53. The first-order chi connectivity index (χ1) is 10.2. The molecule has 0 atom stereocenters. The average molecular weight is 307 g/mol. The molecule has 0 unspecified atom stereocenters. The van der Waals surface area contributed by atoms with Crippen LogP contribution < -0.4 is 4.74 Å². The van der Waals surface area contributed by atoms with Crippen LogP contribution in [0.15, 0.2) is 42.5 Å². The van der Waals surface area contributed by atoms with Crippen molar-refractivity contribution in [2.45, 2.75) is 13.0 Å². The highest BCUT2D eigenvalue weighted by Crippen LogP contribution is 2.17. The maximum Gasteiger partial charge on any atom is 0.128 e. The van der Waals surface area contributed by atoms with Gasteiger partial charge in [-0.1, -0.05) is 24.0 Å². The Bertz CT molecular complexity index is 657. The molecule has 21 heavy (non-hydrogen) atoms. The Labute approximate surface area is 127 Å². The Morgan fingerprint density at radius 2 is 1.76 bits per heavy atom. The van der Waals surface area contributed by atoms with Crippen LogP contribution in [-0.2, 0) is 6.61 Å². The van der Waals surface area contributed by atoms with Gasteiger partial charge in [0.25, 0.3) is 0 Å². The third-order valence-corrected chi connectivity index (χ3v) is 2.83. The minimum absolute atomic E-state index is 0.234. The molecule has 0 aliphatic carbocycles. The van der Waals surface area contributed by atoms with E-state index in [4.69, 9.17) is 16.3 Å². The maximum absolute atomic E-state index is 13.5.